The summed E-state index contributed by atoms with van der Waals surface area (Å²) in [6.07, 6.45) is 1.01. The van der Waals surface area contributed by atoms with Crippen molar-refractivity contribution in [2.75, 3.05) is 12.4 Å². The van der Waals surface area contributed by atoms with Gasteiger partial charge in [0.1, 0.15) is 11.1 Å². The van der Waals surface area contributed by atoms with Gasteiger partial charge >= 0.3 is 11.7 Å². The molecular formula is C15H11ClN4O5S. The molecule has 3 rings (SSSR count). The maximum Gasteiger partial charge on any atom is 0.349 e. The summed E-state index contributed by atoms with van der Waals surface area (Å²) in [5.41, 5.74) is -0.167. The van der Waals surface area contributed by atoms with E-state index in [2.05, 4.69) is 15.2 Å². The molecule has 0 radical (unpaired) electrons. The van der Waals surface area contributed by atoms with Crippen LogP contribution in [0, 0.1) is 10.1 Å². The first-order valence-corrected chi connectivity index (χ1v) is 8.31. The van der Waals surface area contributed by atoms with Gasteiger partial charge in [0.2, 0.25) is 5.69 Å². The number of benzene rings is 1. The average molecular weight is 395 g/mol. The van der Waals surface area contributed by atoms with Gasteiger partial charge in [-0.25, -0.2) is 4.79 Å². The van der Waals surface area contributed by atoms with E-state index in [0.717, 1.165) is 22.2 Å². The molecule has 0 aliphatic rings. The van der Waals surface area contributed by atoms with Crippen LogP contribution in [0.25, 0.3) is 10.1 Å². The molecule has 1 amide bonds. The zero-order chi connectivity index (χ0) is 19.0. The topological polar surface area (TPSA) is 116 Å². The van der Waals surface area contributed by atoms with Crippen molar-refractivity contribution in [1.82, 2.24) is 9.78 Å². The Kier molecular flexibility index (Phi) is 4.62. The Morgan fingerprint density at radius 2 is 2.15 bits per heavy atom. The second-order valence-electron chi connectivity index (χ2n) is 5.16. The molecule has 26 heavy (non-hydrogen) atoms. The summed E-state index contributed by atoms with van der Waals surface area (Å²) < 4.78 is 6.47. The lowest BCUT2D eigenvalue weighted by molar-refractivity contribution is -0.385. The number of carbonyl (C=O) groups excluding carboxylic acids is 2. The van der Waals surface area contributed by atoms with Crippen molar-refractivity contribution in [2.45, 2.75) is 0 Å². The average Bonchev–Trinajstić information content (AvgIpc) is 3.14. The highest BCUT2D eigenvalue weighted by Gasteiger charge is 2.26. The van der Waals surface area contributed by atoms with Crippen molar-refractivity contribution >= 4 is 56.3 Å². The number of hydrogen-bond donors (Lipinski definition) is 1. The van der Waals surface area contributed by atoms with Gasteiger partial charge in [-0.2, -0.15) is 5.10 Å². The number of halogens is 1. The number of thiophene rings is 1. The van der Waals surface area contributed by atoms with E-state index in [1.54, 1.807) is 18.2 Å². The van der Waals surface area contributed by atoms with Crippen molar-refractivity contribution in [3.8, 4) is 0 Å². The number of nitrogens with one attached hydrogen (secondary N) is 1. The maximum absolute atomic E-state index is 12.4. The van der Waals surface area contributed by atoms with E-state index in [1.165, 1.54) is 14.2 Å². The molecule has 9 nitrogen and oxygen atoms in total. The van der Waals surface area contributed by atoms with Gasteiger partial charge in [-0.15, -0.1) is 11.3 Å². The second-order valence-corrected chi connectivity index (χ2v) is 6.59. The zero-order valence-corrected chi connectivity index (χ0v) is 15.1. The number of carbonyl (C=O) groups is 2. The Morgan fingerprint density at radius 1 is 1.42 bits per heavy atom. The minimum absolute atomic E-state index is 0.172. The predicted octanol–water partition coefficient (Wildman–Crippen LogP) is 3.24. The summed E-state index contributed by atoms with van der Waals surface area (Å²) in [5.74, 6) is -1.22. The number of aryl methyl sites for hydroxylation is 1. The molecule has 2 aromatic heterocycles. The summed E-state index contributed by atoms with van der Waals surface area (Å²) >= 11 is 7.31. The van der Waals surface area contributed by atoms with E-state index < -0.39 is 22.5 Å². The Balaban J connectivity index is 1.95. The molecule has 1 N–H and O–H groups in total. The molecule has 2 heterocycles. The van der Waals surface area contributed by atoms with Crippen LogP contribution in [-0.4, -0.2) is 33.7 Å². The third-order valence-electron chi connectivity index (χ3n) is 3.59. The lowest BCUT2D eigenvalue weighted by atomic mass is 10.2. The van der Waals surface area contributed by atoms with Crippen molar-refractivity contribution < 1.29 is 19.2 Å². The monoisotopic (exact) mass is 394 g/mol. The van der Waals surface area contributed by atoms with Gasteiger partial charge in [0.15, 0.2) is 0 Å². The SMILES string of the molecule is COC(=O)c1sc2cc(NC(=O)c3c([N+](=O)[O-])cnn3C)ccc2c1Cl. The van der Waals surface area contributed by atoms with Crippen molar-refractivity contribution in [1.29, 1.82) is 0 Å². The summed E-state index contributed by atoms with van der Waals surface area (Å²) in [5, 5.41) is 18.3. The molecule has 0 spiro atoms. The van der Waals surface area contributed by atoms with E-state index in [1.807, 2.05) is 0 Å². The molecule has 0 saturated heterocycles. The van der Waals surface area contributed by atoms with Gasteiger partial charge in [-0.3, -0.25) is 19.6 Å². The van der Waals surface area contributed by atoms with Crippen LogP contribution in [0.1, 0.15) is 20.2 Å². The number of anilines is 1. The number of nitro groups is 1. The van der Waals surface area contributed by atoms with Crippen LogP contribution in [0.2, 0.25) is 5.02 Å². The number of amides is 1. The highest BCUT2D eigenvalue weighted by Crippen LogP contribution is 2.37. The standard InChI is InChI=1S/C15H11ClN4O5S/c1-19-12(9(6-17-19)20(23)24)14(21)18-7-3-4-8-10(5-7)26-13(11(8)16)15(22)25-2/h3-6H,1-2H3,(H,18,21). The molecule has 1 aromatic carbocycles. The Bertz CT molecular complexity index is 1060. The fourth-order valence-electron chi connectivity index (χ4n) is 2.38. The molecule has 0 saturated carbocycles. The molecule has 0 aliphatic heterocycles. The quantitative estimate of drug-likeness (QED) is 0.412. The van der Waals surface area contributed by atoms with E-state index in [0.29, 0.717) is 15.8 Å². The lowest BCUT2D eigenvalue weighted by Crippen LogP contribution is -2.17. The minimum atomic E-state index is -0.674. The van der Waals surface area contributed by atoms with Gasteiger partial charge < -0.3 is 10.1 Å². The summed E-state index contributed by atoms with van der Waals surface area (Å²) in [7, 11) is 2.70. The first-order chi connectivity index (χ1) is 12.3. The molecule has 0 fully saturated rings. The Hall–Kier alpha value is -2.98. The second kappa shape index (κ2) is 6.73. The number of nitrogens with zero attached hydrogens (tertiary/aromatic N) is 3. The molecule has 3 aromatic rings. The van der Waals surface area contributed by atoms with Crippen LogP contribution in [0.5, 0.6) is 0 Å². The Morgan fingerprint density at radius 3 is 2.81 bits per heavy atom. The summed E-state index contributed by atoms with van der Waals surface area (Å²) in [6.45, 7) is 0. The van der Waals surface area contributed by atoms with Crippen molar-refractivity contribution in [3.63, 3.8) is 0 Å². The van der Waals surface area contributed by atoms with Gasteiger partial charge in [-0.1, -0.05) is 11.6 Å². The van der Waals surface area contributed by atoms with Crippen LogP contribution in [0.4, 0.5) is 11.4 Å². The summed E-state index contributed by atoms with van der Waals surface area (Å²) in [4.78, 5) is 34.7. The number of fused-ring (bicyclic) bond motifs is 1. The molecule has 0 unspecified atom stereocenters. The first-order valence-electron chi connectivity index (χ1n) is 7.11. The number of methoxy groups -OCH3 is 1. The number of aromatic nitrogens is 2. The number of ether oxygens (including phenoxy) is 1. The molecule has 134 valence electrons. The fraction of sp³-hybridized carbons (Fsp3) is 0.133. The predicted molar refractivity (Wildman–Crippen MR) is 96.0 cm³/mol. The third-order valence-corrected chi connectivity index (χ3v) is 5.23. The molecule has 11 heteroatoms. The van der Waals surface area contributed by atoms with E-state index in [9.17, 15) is 19.7 Å². The number of hydrogen-bond acceptors (Lipinski definition) is 7. The van der Waals surface area contributed by atoms with Gasteiger partial charge in [0.25, 0.3) is 5.91 Å². The van der Waals surface area contributed by atoms with Crippen molar-refractivity contribution in [2.24, 2.45) is 7.05 Å². The normalized spacial score (nSPS) is 10.7. The largest absolute Gasteiger partial charge is 0.465 e. The van der Waals surface area contributed by atoms with Crippen LogP contribution in [-0.2, 0) is 11.8 Å². The molecule has 0 atom stereocenters. The maximum atomic E-state index is 12.4. The van der Waals surface area contributed by atoms with Crippen LogP contribution < -0.4 is 5.32 Å². The van der Waals surface area contributed by atoms with Gasteiger partial charge in [0.05, 0.1) is 17.1 Å². The van der Waals surface area contributed by atoms with Gasteiger partial charge in [0, 0.05) is 22.8 Å². The van der Waals surface area contributed by atoms with Crippen molar-refractivity contribution in [3.05, 3.63) is 50.1 Å². The van der Waals surface area contributed by atoms with E-state index >= 15 is 0 Å². The third kappa shape index (κ3) is 3.00. The molecular weight excluding hydrogens is 384 g/mol. The minimum Gasteiger partial charge on any atom is -0.465 e. The van der Waals surface area contributed by atoms with Crippen LogP contribution >= 0.6 is 22.9 Å². The lowest BCUT2D eigenvalue weighted by Gasteiger charge is -2.05. The smallest absolute Gasteiger partial charge is 0.349 e. The Labute approximate surface area is 155 Å². The van der Waals surface area contributed by atoms with Crippen LogP contribution in [0.15, 0.2) is 24.4 Å². The highest BCUT2D eigenvalue weighted by molar-refractivity contribution is 7.21. The highest BCUT2D eigenvalue weighted by atomic mass is 35.5. The first kappa shape index (κ1) is 17.8. The molecule has 0 aliphatic carbocycles. The summed E-state index contributed by atoms with van der Waals surface area (Å²) in [6, 6.07) is 4.86. The van der Waals surface area contributed by atoms with Gasteiger partial charge in [-0.05, 0) is 18.2 Å². The van der Waals surface area contributed by atoms with E-state index in [-0.39, 0.29) is 15.6 Å². The fourth-order valence-corrected chi connectivity index (χ4v) is 3.85. The molecule has 0 bridgehead atoms. The number of esters is 1. The zero-order valence-electron chi connectivity index (χ0n) is 13.5. The number of rotatable bonds is 4. The van der Waals surface area contributed by atoms with Crippen LogP contribution in [0.3, 0.4) is 0 Å². The van der Waals surface area contributed by atoms with E-state index in [4.69, 9.17) is 11.6 Å².